The van der Waals surface area contributed by atoms with Crippen LogP contribution in [0.4, 0.5) is 5.82 Å². The highest BCUT2D eigenvalue weighted by atomic mass is 15.2. The second kappa shape index (κ2) is 4.78. The summed E-state index contributed by atoms with van der Waals surface area (Å²) in [5, 5.41) is 7.20. The summed E-state index contributed by atoms with van der Waals surface area (Å²) in [4.78, 5) is 10.8. The average molecular weight is 229 g/mol. The molecule has 3 N–H and O–H groups in total. The molecular formula is C12H15N5. The van der Waals surface area contributed by atoms with Crippen LogP contribution >= 0.6 is 0 Å². The van der Waals surface area contributed by atoms with Gasteiger partial charge >= 0.3 is 0 Å². The van der Waals surface area contributed by atoms with Crippen LogP contribution in [0.3, 0.4) is 0 Å². The lowest BCUT2D eigenvalue weighted by Crippen LogP contribution is -2.24. The van der Waals surface area contributed by atoms with Gasteiger partial charge in [-0.25, -0.2) is 4.98 Å². The van der Waals surface area contributed by atoms with Crippen LogP contribution in [-0.4, -0.2) is 29.4 Å². The number of benzene rings is 1. The molecule has 0 unspecified atom stereocenters. The summed E-state index contributed by atoms with van der Waals surface area (Å²) >= 11 is 0. The molecule has 5 nitrogen and oxygen atoms in total. The summed E-state index contributed by atoms with van der Waals surface area (Å²) in [5.74, 6) is 0.982. The molecule has 0 bridgehead atoms. The molecule has 0 aliphatic carbocycles. The van der Waals surface area contributed by atoms with Crippen LogP contribution in [0.15, 0.2) is 30.5 Å². The zero-order chi connectivity index (χ0) is 12.3. The van der Waals surface area contributed by atoms with Gasteiger partial charge in [-0.2, -0.15) is 0 Å². The number of nitrogens with zero attached hydrogens (tertiary/aromatic N) is 3. The molecule has 0 spiro atoms. The first kappa shape index (κ1) is 11.3. The maximum absolute atomic E-state index is 7.20. The summed E-state index contributed by atoms with van der Waals surface area (Å²) < 4.78 is 0. The monoisotopic (exact) mass is 229 g/mol. The third-order valence-electron chi connectivity index (χ3n) is 2.54. The second-order valence-corrected chi connectivity index (χ2v) is 3.91. The summed E-state index contributed by atoms with van der Waals surface area (Å²) in [6.45, 7) is 0.669. The van der Waals surface area contributed by atoms with Gasteiger partial charge in [-0.3, -0.25) is 10.4 Å². The summed E-state index contributed by atoms with van der Waals surface area (Å²) in [6.07, 6.45) is 2.27. The highest BCUT2D eigenvalue weighted by Crippen LogP contribution is 2.13. The van der Waals surface area contributed by atoms with Crippen molar-refractivity contribution < 1.29 is 0 Å². The molecule has 1 heterocycles. The Morgan fingerprint density at radius 2 is 2.06 bits per heavy atom. The van der Waals surface area contributed by atoms with Gasteiger partial charge < -0.3 is 10.6 Å². The van der Waals surface area contributed by atoms with Crippen LogP contribution < -0.4 is 10.6 Å². The van der Waals surface area contributed by atoms with E-state index in [2.05, 4.69) is 9.97 Å². The first-order valence-electron chi connectivity index (χ1n) is 5.42. The highest BCUT2D eigenvalue weighted by Gasteiger charge is 2.04. The molecule has 2 aromatic rings. The maximum Gasteiger partial charge on any atom is 0.147 e. The van der Waals surface area contributed by atoms with Crippen molar-refractivity contribution in [3.63, 3.8) is 0 Å². The van der Waals surface area contributed by atoms with Gasteiger partial charge in [0, 0.05) is 20.0 Å². The number of hydrogen-bond donors (Lipinski definition) is 2. The largest absolute Gasteiger partial charge is 0.388 e. The number of nitrogens with two attached hydrogens (primary N) is 1. The Balaban J connectivity index is 2.20. The van der Waals surface area contributed by atoms with E-state index in [1.807, 2.05) is 36.2 Å². The first-order valence-corrected chi connectivity index (χ1v) is 5.42. The minimum Gasteiger partial charge on any atom is -0.388 e. The zero-order valence-electron chi connectivity index (χ0n) is 9.72. The molecule has 5 heteroatoms. The Labute approximate surface area is 99.8 Å². The Kier molecular flexibility index (Phi) is 3.18. The molecule has 0 atom stereocenters. The molecule has 0 aliphatic heterocycles. The van der Waals surface area contributed by atoms with Crippen LogP contribution in [0.2, 0.25) is 0 Å². The van der Waals surface area contributed by atoms with Gasteiger partial charge in [-0.1, -0.05) is 12.1 Å². The van der Waals surface area contributed by atoms with Crippen molar-refractivity contribution in [2.45, 2.75) is 6.42 Å². The van der Waals surface area contributed by atoms with E-state index >= 15 is 0 Å². The lowest BCUT2D eigenvalue weighted by molar-refractivity contribution is 0.889. The SMILES string of the molecule is CN(CCC(=N)N)c1cnc2ccccc2n1. The smallest absolute Gasteiger partial charge is 0.147 e. The van der Waals surface area contributed by atoms with Crippen molar-refractivity contribution in [3.8, 4) is 0 Å². The van der Waals surface area contributed by atoms with Crippen LogP contribution in [0.25, 0.3) is 11.0 Å². The molecule has 0 saturated carbocycles. The van der Waals surface area contributed by atoms with Gasteiger partial charge in [0.25, 0.3) is 0 Å². The fraction of sp³-hybridized carbons (Fsp3) is 0.250. The molecule has 17 heavy (non-hydrogen) atoms. The van der Waals surface area contributed by atoms with E-state index in [4.69, 9.17) is 11.1 Å². The average Bonchev–Trinajstić information content (AvgIpc) is 2.35. The minimum atomic E-state index is 0.186. The predicted molar refractivity (Wildman–Crippen MR) is 69.3 cm³/mol. The number of fused-ring (bicyclic) bond motifs is 1. The van der Waals surface area contributed by atoms with Gasteiger partial charge in [0.1, 0.15) is 5.82 Å². The molecule has 0 fully saturated rings. The number of nitrogens with one attached hydrogen (secondary N) is 1. The molecule has 2 rings (SSSR count). The van der Waals surface area contributed by atoms with Crippen LogP contribution in [-0.2, 0) is 0 Å². The number of rotatable bonds is 4. The third-order valence-corrected chi connectivity index (χ3v) is 2.54. The van der Waals surface area contributed by atoms with Crippen LogP contribution in [0.5, 0.6) is 0 Å². The minimum absolute atomic E-state index is 0.186. The summed E-state index contributed by atoms with van der Waals surface area (Å²) in [5.41, 5.74) is 7.09. The topological polar surface area (TPSA) is 78.9 Å². The number of aromatic nitrogens is 2. The highest BCUT2D eigenvalue weighted by molar-refractivity contribution is 5.78. The lowest BCUT2D eigenvalue weighted by Gasteiger charge is -2.17. The number of amidine groups is 1. The van der Waals surface area contributed by atoms with E-state index in [0.29, 0.717) is 13.0 Å². The number of para-hydroxylation sites is 2. The normalized spacial score (nSPS) is 10.4. The Morgan fingerprint density at radius 3 is 2.76 bits per heavy atom. The van der Waals surface area contributed by atoms with Crippen molar-refractivity contribution in [3.05, 3.63) is 30.5 Å². The molecular weight excluding hydrogens is 214 g/mol. The summed E-state index contributed by atoms with van der Waals surface area (Å²) in [6, 6.07) is 7.75. The predicted octanol–water partition coefficient (Wildman–Crippen LogP) is 1.39. The van der Waals surface area contributed by atoms with Crippen molar-refractivity contribution in [2.75, 3.05) is 18.5 Å². The molecule has 0 saturated heterocycles. The molecule has 0 radical (unpaired) electrons. The van der Waals surface area contributed by atoms with Gasteiger partial charge in [-0.05, 0) is 12.1 Å². The molecule has 88 valence electrons. The van der Waals surface area contributed by atoms with E-state index in [-0.39, 0.29) is 5.84 Å². The van der Waals surface area contributed by atoms with Crippen molar-refractivity contribution >= 4 is 22.7 Å². The lowest BCUT2D eigenvalue weighted by atomic mass is 10.3. The van der Waals surface area contributed by atoms with E-state index < -0.39 is 0 Å². The molecule has 1 aromatic carbocycles. The van der Waals surface area contributed by atoms with E-state index in [1.54, 1.807) is 6.20 Å². The fourth-order valence-corrected chi connectivity index (χ4v) is 1.53. The Bertz CT molecular complexity index is 537. The Hall–Kier alpha value is -2.17. The van der Waals surface area contributed by atoms with Crippen LogP contribution in [0, 0.1) is 5.41 Å². The van der Waals surface area contributed by atoms with E-state index in [0.717, 1.165) is 16.9 Å². The zero-order valence-corrected chi connectivity index (χ0v) is 9.72. The Morgan fingerprint density at radius 1 is 1.35 bits per heavy atom. The standard InChI is InChI=1S/C12H15N5/c1-17(7-6-11(13)14)12-8-15-9-4-2-3-5-10(9)16-12/h2-5,8H,6-7H2,1H3,(H3,13,14). The van der Waals surface area contributed by atoms with E-state index in [1.165, 1.54) is 0 Å². The molecule has 1 aromatic heterocycles. The number of hydrogen-bond acceptors (Lipinski definition) is 4. The van der Waals surface area contributed by atoms with Gasteiger partial charge in [-0.15, -0.1) is 0 Å². The van der Waals surface area contributed by atoms with Gasteiger partial charge in [0.05, 0.1) is 23.1 Å². The quantitative estimate of drug-likeness (QED) is 0.613. The first-order chi connectivity index (χ1) is 8.16. The van der Waals surface area contributed by atoms with Crippen molar-refractivity contribution in [2.24, 2.45) is 5.73 Å². The van der Waals surface area contributed by atoms with Crippen molar-refractivity contribution in [1.29, 1.82) is 5.41 Å². The third kappa shape index (κ3) is 2.69. The van der Waals surface area contributed by atoms with Gasteiger partial charge in [0.15, 0.2) is 0 Å². The van der Waals surface area contributed by atoms with Crippen LogP contribution in [0.1, 0.15) is 6.42 Å². The summed E-state index contributed by atoms with van der Waals surface area (Å²) in [7, 11) is 1.92. The molecule has 0 amide bonds. The van der Waals surface area contributed by atoms with E-state index in [9.17, 15) is 0 Å². The second-order valence-electron chi connectivity index (χ2n) is 3.91. The van der Waals surface area contributed by atoms with Crippen molar-refractivity contribution in [1.82, 2.24) is 9.97 Å². The fourth-order valence-electron chi connectivity index (χ4n) is 1.53. The maximum atomic E-state index is 7.20. The molecule has 0 aliphatic rings. The van der Waals surface area contributed by atoms with Gasteiger partial charge in [0.2, 0.25) is 0 Å². The number of anilines is 1.